The highest BCUT2D eigenvalue weighted by atomic mass is 32.2. The molecule has 0 bridgehead atoms. The van der Waals surface area contributed by atoms with E-state index in [0.29, 0.717) is 34.0 Å². The molecule has 0 unspecified atom stereocenters. The maximum Gasteiger partial charge on any atom is 0.234 e. The van der Waals surface area contributed by atoms with Crippen LogP contribution in [0.5, 0.6) is 11.5 Å². The number of carbonyl (C=O) groups is 1. The van der Waals surface area contributed by atoms with Crippen molar-refractivity contribution in [2.24, 2.45) is 0 Å². The van der Waals surface area contributed by atoms with Crippen molar-refractivity contribution < 1.29 is 9.53 Å². The molecule has 0 aliphatic carbocycles. The molecule has 4 rings (SSSR count). The lowest BCUT2D eigenvalue weighted by molar-refractivity contribution is -0.113. The number of rotatable bonds is 11. The van der Waals surface area contributed by atoms with E-state index in [9.17, 15) is 4.79 Å². The Labute approximate surface area is 218 Å². The third-order valence-electron chi connectivity index (χ3n) is 4.85. The molecular weight excluding hydrogens is 492 g/mol. The number of ether oxygens (including phenoxy) is 1. The van der Waals surface area contributed by atoms with E-state index in [4.69, 9.17) is 4.74 Å². The molecule has 0 aliphatic rings. The third kappa shape index (κ3) is 7.19. The van der Waals surface area contributed by atoms with E-state index < -0.39 is 0 Å². The van der Waals surface area contributed by atoms with Gasteiger partial charge in [-0.2, -0.15) is 0 Å². The fraction of sp³-hybridized carbons (Fsp3) is 0.192. The Kier molecular flexibility index (Phi) is 8.75. The summed E-state index contributed by atoms with van der Waals surface area (Å²) >= 11 is 2.84. The van der Waals surface area contributed by atoms with Crippen LogP contribution in [0.2, 0.25) is 0 Å². The van der Waals surface area contributed by atoms with Crippen LogP contribution in [0.25, 0.3) is 0 Å². The summed E-state index contributed by atoms with van der Waals surface area (Å²) in [6.07, 6.45) is 1.79. The number of nitrogens with one attached hydrogen (secondary N) is 1. The Morgan fingerprint density at radius 2 is 1.69 bits per heavy atom. The minimum absolute atomic E-state index is 0.135. The normalized spacial score (nSPS) is 10.7. The average Bonchev–Trinajstić information content (AvgIpc) is 3.24. The van der Waals surface area contributed by atoms with Crippen LogP contribution in [0.3, 0.4) is 0 Å². The molecule has 0 saturated heterocycles. The monoisotopic (exact) mass is 518 g/mol. The van der Waals surface area contributed by atoms with Crippen molar-refractivity contribution in [3.05, 3.63) is 90.5 Å². The third-order valence-corrected chi connectivity index (χ3v) is 6.66. The number of carbonyl (C=O) groups excluding carboxylic acids is 1. The SMILES string of the molecule is C=CCn1c(CSc2nc(C)cc(C)n2)nnc1SCC(=O)Nc1ccc(Oc2ccccc2)cc1. The molecule has 2 heterocycles. The van der Waals surface area contributed by atoms with E-state index in [1.807, 2.05) is 79.1 Å². The lowest BCUT2D eigenvalue weighted by atomic mass is 10.3. The van der Waals surface area contributed by atoms with E-state index >= 15 is 0 Å². The summed E-state index contributed by atoms with van der Waals surface area (Å²) in [6, 6.07) is 18.7. The molecule has 2 aromatic heterocycles. The van der Waals surface area contributed by atoms with Gasteiger partial charge in [0.05, 0.1) is 11.5 Å². The highest BCUT2D eigenvalue weighted by Gasteiger charge is 2.15. The van der Waals surface area contributed by atoms with Gasteiger partial charge >= 0.3 is 0 Å². The maximum absolute atomic E-state index is 12.6. The number of allylic oxidation sites excluding steroid dienone is 1. The molecule has 0 atom stereocenters. The maximum atomic E-state index is 12.6. The smallest absolute Gasteiger partial charge is 0.234 e. The van der Waals surface area contributed by atoms with Gasteiger partial charge in [0, 0.05) is 23.6 Å². The van der Waals surface area contributed by atoms with E-state index in [-0.39, 0.29) is 11.7 Å². The summed E-state index contributed by atoms with van der Waals surface area (Å²) < 4.78 is 7.74. The van der Waals surface area contributed by atoms with Crippen molar-refractivity contribution in [2.75, 3.05) is 11.1 Å². The van der Waals surface area contributed by atoms with Crippen LogP contribution in [-0.2, 0) is 17.1 Å². The van der Waals surface area contributed by atoms with Crippen molar-refractivity contribution in [2.45, 2.75) is 36.5 Å². The van der Waals surface area contributed by atoms with Gasteiger partial charge in [0.25, 0.3) is 0 Å². The number of anilines is 1. The van der Waals surface area contributed by atoms with Gasteiger partial charge in [0.15, 0.2) is 10.3 Å². The van der Waals surface area contributed by atoms with Gasteiger partial charge in [0.2, 0.25) is 5.91 Å². The van der Waals surface area contributed by atoms with Crippen LogP contribution in [0.4, 0.5) is 5.69 Å². The quantitative estimate of drug-likeness (QED) is 0.154. The summed E-state index contributed by atoms with van der Waals surface area (Å²) in [7, 11) is 0. The van der Waals surface area contributed by atoms with Crippen molar-refractivity contribution in [3.63, 3.8) is 0 Å². The number of para-hydroxylation sites is 1. The lowest BCUT2D eigenvalue weighted by Gasteiger charge is -2.09. The van der Waals surface area contributed by atoms with Crippen LogP contribution in [-0.4, -0.2) is 36.4 Å². The fourth-order valence-electron chi connectivity index (χ4n) is 3.29. The standard InChI is InChI=1S/C26H26N6O2S2/c1-4-14-32-23(16-35-25-27-18(2)15-19(3)28-25)30-31-26(32)36-17-24(33)29-20-10-12-22(13-11-20)34-21-8-6-5-7-9-21/h4-13,15H,1,14,16-17H2,2-3H3,(H,29,33). The predicted octanol–water partition coefficient (Wildman–Crippen LogP) is 5.69. The second kappa shape index (κ2) is 12.4. The summed E-state index contributed by atoms with van der Waals surface area (Å²) in [5, 5.41) is 12.9. The van der Waals surface area contributed by atoms with Gasteiger partial charge in [-0.15, -0.1) is 16.8 Å². The minimum atomic E-state index is -0.135. The van der Waals surface area contributed by atoms with Crippen molar-refractivity contribution in [3.8, 4) is 11.5 Å². The molecular formula is C26H26N6O2S2. The number of amides is 1. The Balaban J connectivity index is 1.32. The lowest BCUT2D eigenvalue weighted by Crippen LogP contribution is -2.14. The first-order chi connectivity index (χ1) is 17.5. The molecule has 0 saturated carbocycles. The number of nitrogens with zero attached hydrogens (tertiary/aromatic N) is 5. The van der Waals surface area contributed by atoms with Gasteiger partial charge in [-0.25, -0.2) is 9.97 Å². The first-order valence-corrected chi connectivity index (χ1v) is 13.2. The highest BCUT2D eigenvalue weighted by Crippen LogP contribution is 2.25. The topological polar surface area (TPSA) is 94.8 Å². The zero-order valence-electron chi connectivity index (χ0n) is 20.0. The molecule has 1 N–H and O–H groups in total. The second-order valence-electron chi connectivity index (χ2n) is 7.80. The van der Waals surface area contributed by atoms with Gasteiger partial charge in [-0.05, 0) is 56.3 Å². The van der Waals surface area contributed by atoms with Crippen LogP contribution in [0, 0.1) is 13.8 Å². The van der Waals surface area contributed by atoms with Gasteiger partial charge in [-0.1, -0.05) is 47.8 Å². The summed E-state index contributed by atoms with van der Waals surface area (Å²) in [4.78, 5) is 21.5. The van der Waals surface area contributed by atoms with Crippen molar-refractivity contribution >= 4 is 35.1 Å². The van der Waals surface area contributed by atoms with E-state index in [2.05, 4.69) is 32.1 Å². The van der Waals surface area contributed by atoms with E-state index in [1.165, 1.54) is 23.5 Å². The number of hydrogen-bond acceptors (Lipinski definition) is 8. The number of aryl methyl sites for hydroxylation is 2. The van der Waals surface area contributed by atoms with Gasteiger partial charge < -0.3 is 14.6 Å². The second-order valence-corrected chi connectivity index (χ2v) is 9.68. The molecule has 36 heavy (non-hydrogen) atoms. The number of hydrogen-bond donors (Lipinski definition) is 1. The number of aromatic nitrogens is 5. The molecule has 1 amide bonds. The molecule has 0 fully saturated rings. The molecule has 10 heteroatoms. The van der Waals surface area contributed by atoms with Gasteiger partial charge in [-0.3, -0.25) is 4.79 Å². The number of benzene rings is 2. The summed E-state index contributed by atoms with van der Waals surface area (Å²) in [6.45, 7) is 8.28. The number of thioether (sulfide) groups is 2. The Bertz CT molecular complexity index is 1310. The zero-order chi connectivity index (χ0) is 25.3. The minimum Gasteiger partial charge on any atom is -0.457 e. The molecule has 0 spiro atoms. The largest absolute Gasteiger partial charge is 0.457 e. The molecule has 184 valence electrons. The molecule has 0 aliphatic heterocycles. The Hall–Kier alpha value is -3.63. The molecule has 2 aromatic carbocycles. The molecule has 4 aromatic rings. The van der Waals surface area contributed by atoms with E-state index in [1.54, 1.807) is 6.08 Å². The Morgan fingerprint density at radius 3 is 2.39 bits per heavy atom. The molecule has 8 nitrogen and oxygen atoms in total. The Morgan fingerprint density at radius 1 is 1.00 bits per heavy atom. The first kappa shape index (κ1) is 25.5. The average molecular weight is 519 g/mol. The van der Waals surface area contributed by atoms with Crippen LogP contribution in [0.1, 0.15) is 17.2 Å². The zero-order valence-corrected chi connectivity index (χ0v) is 21.7. The highest BCUT2D eigenvalue weighted by molar-refractivity contribution is 7.99. The van der Waals surface area contributed by atoms with Crippen molar-refractivity contribution in [1.82, 2.24) is 24.7 Å². The van der Waals surface area contributed by atoms with E-state index in [0.717, 1.165) is 23.0 Å². The van der Waals surface area contributed by atoms with Gasteiger partial charge in [0.1, 0.15) is 17.3 Å². The first-order valence-electron chi connectivity index (χ1n) is 11.2. The predicted molar refractivity (Wildman–Crippen MR) is 144 cm³/mol. The fourth-order valence-corrected chi connectivity index (χ4v) is 4.95. The molecule has 0 radical (unpaired) electrons. The van der Waals surface area contributed by atoms with Crippen molar-refractivity contribution in [1.29, 1.82) is 0 Å². The summed E-state index contributed by atoms with van der Waals surface area (Å²) in [5.41, 5.74) is 2.55. The summed E-state index contributed by atoms with van der Waals surface area (Å²) in [5.74, 6) is 2.86. The van der Waals surface area contributed by atoms with Crippen LogP contribution >= 0.6 is 23.5 Å². The van der Waals surface area contributed by atoms with Crippen LogP contribution in [0.15, 0.2) is 83.6 Å². The van der Waals surface area contributed by atoms with Crippen LogP contribution < -0.4 is 10.1 Å².